The average Bonchev–Trinajstić information content (AvgIpc) is 2.99. The Morgan fingerprint density at radius 2 is 2.40 bits per heavy atom. The number of thiazole rings is 1. The second kappa shape index (κ2) is 5.89. The lowest BCUT2D eigenvalue weighted by atomic mass is 9.95. The lowest BCUT2D eigenvalue weighted by Gasteiger charge is -2.32. The molecule has 3 nitrogen and oxygen atoms in total. The highest BCUT2D eigenvalue weighted by molar-refractivity contribution is 7.09. The predicted molar refractivity (Wildman–Crippen MR) is 77.5 cm³/mol. The van der Waals surface area contributed by atoms with Gasteiger partial charge in [0, 0.05) is 24.2 Å². The van der Waals surface area contributed by atoms with E-state index in [0.29, 0.717) is 0 Å². The van der Waals surface area contributed by atoms with Crippen molar-refractivity contribution in [1.82, 2.24) is 10.3 Å². The second-order valence-corrected chi connectivity index (χ2v) is 5.85. The summed E-state index contributed by atoms with van der Waals surface area (Å²) < 4.78 is 19.5. The molecule has 2 unspecified atom stereocenters. The van der Waals surface area contributed by atoms with Crippen LogP contribution < -0.4 is 10.1 Å². The fraction of sp³-hybridized carbons (Fsp3) is 0.400. The lowest BCUT2D eigenvalue weighted by molar-refractivity contribution is 0.154. The van der Waals surface area contributed by atoms with Gasteiger partial charge in [-0.15, -0.1) is 11.3 Å². The van der Waals surface area contributed by atoms with Gasteiger partial charge in [-0.3, -0.25) is 4.98 Å². The average molecular weight is 292 g/mol. The highest BCUT2D eigenvalue weighted by Gasteiger charge is 2.30. The van der Waals surface area contributed by atoms with E-state index in [0.717, 1.165) is 35.6 Å². The summed E-state index contributed by atoms with van der Waals surface area (Å²) in [6, 6.07) is 4.87. The highest BCUT2D eigenvalue weighted by atomic mass is 32.1. The molecule has 0 spiro atoms. The molecular formula is C15H17FN2OS. The quantitative estimate of drug-likeness (QED) is 0.929. The molecule has 1 aromatic carbocycles. The molecule has 0 saturated carbocycles. The number of ether oxygens (including phenoxy) is 1. The largest absolute Gasteiger partial charge is 0.484 e. The van der Waals surface area contributed by atoms with Crippen molar-refractivity contribution in [2.75, 3.05) is 6.54 Å². The van der Waals surface area contributed by atoms with Crippen LogP contribution in [0, 0.1) is 5.82 Å². The van der Waals surface area contributed by atoms with Gasteiger partial charge in [-0.25, -0.2) is 4.39 Å². The number of hydrogen-bond donors (Lipinski definition) is 1. The van der Waals surface area contributed by atoms with Crippen LogP contribution in [-0.4, -0.2) is 11.5 Å². The molecule has 0 bridgehead atoms. The summed E-state index contributed by atoms with van der Waals surface area (Å²) in [5.74, 6) is 0.552. The van der Waals surface area contributed by atoms with Gasteiger partial charge < -0.3 is 10.1 Å². The molecular weight excluding hydrogens is 275 g/mol. The van der Waals surface area contributed by atoms with Gasteiger partial charge in [0.25, 0.3) is 0 Å². The molecule has 0 saturated heterocycles. The van der Waals surface area contributed by atoms with Crippen LogP contribution >= 0.6 is 11.3 Å². The Kier molecular flexibility index (Phi) is 3.98. The first-order valence-electron chi connectivity index (χ1n) is 6.85. The van der Waals surface area contributed by atoms with Gasteiger partial charge in [0.2, 0.25) is 0 Å². The first-order chi connectivity index (χ1) is 9.78. The molecule has 0 fully saturated rings. The molecule has 2 aromatic rings. The fourth-order valence-electron chi connectivity index (χ4n) is 2.51. The third-order valence-electron chi connectivity index (χ3n) is 3.48. The highest BCUT2D eigenvalue weighted by Crippen LogP contribution is 2.41. The zero-order valence-electron chi connectivity index (χ0n) is 11.3. The molecule has 1 aromatic heterocycles. The van der Waals surface area contributed by atoms with Gasteiger partial charge >= 0.3 is 0 Å². The van der Waals surface area contributed by atoms with Crippen molar-refractivity contribution in [3.8, 4) is 5.75 Å². The Morgan fingerprint density at radius 3 is 3.15 bits per heavy atom. The number of hydrogen-bond acceptors (Lipinski definition) is 4. The van der Waals surface area contributed by atoms with Crippen LogP contribution in [-0.2, 0) is 0 Å². The first-order valence-corrected chi connectivity index (χ1v) is 7.73. The molecule has 106 valence electrons. The summed E-state index contributed by atoms with van der Waals surface area (Å²) in [5, 5.41) is 3.48. The van der Waals surface area contributed by atoms with Crippen LogP contribution in [0.1, 0.15) is 42.4 Å². The minimum absolute atomic E-state index is 0.00480. The van der Waals surface area contributed by atoms with Gasteiger partial charge in [-0.05, 0) is 31.2 Å². The van der Waals surface area contributed by atoms with Crippen molar-refractivity contribution >= 4 is 11.3 Å². The van der Waals surface area contributed by atoms with E-state index in [1.807, 2.05) is 11.7 Å². The lowest BCUT2D eigenvalue weighted by Crippen LogP contribution is -2.29. The minimum atomic E-state index is -0.216. The van der Waals surface area contributed by atoms with E-state index in [4.69, 9.17) is 4.74 Å². The number of halogens is 1. The van der Waals surface area contributed by atoms with Crippen LogP contribution in [0.25, 0.3) is 0 Å². The molecule has 0 aliphatic carbocycles. The third-order valence-corrected chi connectivity index (χ3v) is 4.34. The maximum Gasteiger partial charge on any atom is 0.136 e. The van der Waals surface area contributed by atoms with Gasteiger partial charge in [0.05, 0.1) is 10.4 Å². The molecule has 1 aliphatic rings. The number of benzene rings is 1. The molecule has 0 amide bonds. The Balaban J connectivity index is 1.90. The van der Waals surface area contributed by atoms with Crippen LogP contribution in [0.4, 0.5) is 4.39 Å². The van der Waals surface area contributed by atoms with Gasteiger partial charge in [0.15, 0.2) is 0 Å². The Hall–Kier alpha value is -1.46. The number of aromatic nitrogens is 1. The number of nitrogens with one attached hydrogen (secondary N) is 1. The molecule has 2 atom stereocenters. The smallest absolute Gasteiger partial charge is 0.136 e. The molecule has 1 aliphatic heterocycles. The van der Waals surface area contributed by atoms with Crippen LogP contribution in [0.5, 0.6) is 5.75 Å². The van der Waals surface area contributed by atoms with Crippen molar-refractivity contribution in [2.24, 2.45) is 0 Å². The molecule has 3 rings (SSSR count). The Labute approximate surface area is 121 Å². The second-order valence-electron chi connectivity index (χ2n) is 4.93. The summed E-state index contributed by atoms with van der Waals surface area (Å²) >= 11 is 1.60. The maximum absolute atomic E-state index is 13.5. The number of nitrogens with zero attached hydrogens (tertiary/aromatic N) is 1. The Morgan fingerprint density at radius 1 is 1.50 bits per heavy atom. The SMILES string of the molecule is CCCNC1CC(c2cncs2)Oc2ccc(F)cc21. The van der Waals surface area contributed by atoms with Crippen molar-refractivity contribution < 1.29 is 9.13 Å². The predicted octanol–water partition coefficient (Wildman–Crippen LogP) is 3.85. The van der Waals surface area contributed by atoms with E-state index in [-0.39, 0.29) is 18.0 Å². The fourth-order valence-corrected chi connectivity index (χ4v) is 3.17. The number of rotatable bonds is 4. The van der Waals surface area contributed by atoms with Crippen LogP contribution in [0.2, 0.25) is 0 Å². The topological polar surface area (TPSA) is 34.2 Å². The van der Waals surface area contributed by atoms with E-state index in [1.165, 1.54) is 6.07 Å². The summed E-state index contributed by atoms with van der Waals surface area (Å²) in [6.45, 7) is 3.04. The molecule has 1 N–H and O–H groups in total. The summed E-state index contributed by atoms with van der Waals surface area (Å²) in [4.78, 5) is 5.23. The zero-order chi connectivity index (χ0) is 13.9. The standard InChI is InChI=1S/C15H17FN2OS/c1-2-5-18-12-7-14(15-8-17-9-20-15)19-13-4-3-10(16)6-11(12)13/h3-4,6,8-9,12,14,18H,2,5,7H2,1H3. The van der Waals surface area contributed by atoms with Gasteiger partial charge in [-0.1, -0.05) is 6.92 Å². The van der Waals surface area contributed by atoms with E-state index in [9.17, 15) is 4.39 Å². The maximum atomic E-state index is 13.5. The minimum Gasteiger partial charge on any atom is -0.484 e. The van der Waals surface area contributed by atoms with Crippen molar-refractivity contribution in [3.05, 3.63) is 46.2 Å². The molecule has 5 heteroatoms. The summed E-state index contributed by atoms with van der Waals surface area (Å²) in [5.41, 5.74) is 2.73. The third kappa shape index (κ3) is 2.69. The van der Waals surface area contributed by atoms with Gasteiger partial charge in [0.1, 0.15) is 17.7 Å². The van der Waals surface area contributed by atoms with Crippen molar-refractivity contribution in [2.45, 2.75) is 31.9 Å². The van der Waals surface area contributed by atoms with Crippen molar-refractivity contribution in [1.29, 1.82) is 0 Å². The van der Waals surface area contributed by atoms with Gasteiger partial charge in [-0.2, -0.15) is 0 Å². The Bertz CT molecular complexity index is 573. The zero-order valence-corrected chi connectivity index (χ0v) is 12.1. The molecule has 2 heterocycles. The summed E-state index contributed by atoms with van der Waals surface area (Å²) in [6.07, 6.45) is 3.70. The van der Waals surface area contributed by atoms with E-state index >= 15 is 0 Å². The van der Waals surface area contributed by atoms with Crippen LogP contribution in [0.15, 0.2) is 29.9 Å². The van der Waals surface area contributed by atoms with E-state index in [2.05, 4.69) is 17.2 Å². The van der Waals surface area contributed by atoms with Crippen LogP contribution in [0.3, 0.4) is 0 Å². The van der Waals surface area contributed by atoms with E-state index in [1.54, 1.807) is 23.5 Å². The normalized spacial score (nSPS) is 21.3. The number of fused-ring (bicyclic) bond motifs is 1. The first kappa shape index (κ1) is 13.5. The van der Waals surface area contributed by atoms with Crippen molar-refractivity contribution in [3.63, 3.8) is 0 Å². The van der Waals surface area contributed by atoms with E-state index < -0.39 is 0 Å². The monoisotopic (exact) mass is 292 g/mol. The summed E-state index contributed by atoms with van der Waals surface area (Å²) in [7, 11) is 0. The molecule has 0 radical (unpaired) electrons. The molecule has 20 heavy (non-hydrogen) atoms.